The van der Waals surface area contributed by atoms with Gasteiger partial charge in [0.05, 0.1) is 30.9 Å². The lowest BCUT2D eigenvalue weighted by Crippen LogP contribution is -2.52. The fraction of sp³-hybridized carbons (Fsp3) is 0.414. The van der Waals surface area contributed by atoms with Crippen LogP contribution in [0.3, 0.4) is 0 Å². The van der Waals surface area contributed by atoms with Gasteiger partial charge in [0.2, 0.25) is 5.91 Å². The Bertz CT molecular complexity index is 1350. The van der Waals surface area contributed by atoms with Gasteiger partial charge in [-0.15, -0.1) is 5.10 Å². The molecule has 0 spiro atoms. The summed E-state index contributed by atoms with van der Waals surface area (Å²) in [5, 5.41) is 14.1. The molecule has 40 heavy (non-hydrogen) atoms. The number of nitrogens with one attached hydrogen (secondary N) is 2. The zero-order chi connectivity index (χ0) is 28.1. The van der Waals surface area contributed by atoms with Gasteiger partial charge < -0.3 is 15.5 Å². The van der Waals surface area contributed by atoms with Crippen molar-refractivity contribution in [2.24, 2.45) is 0 Å². The molecule has 2 aromatic carbocycles. The van der Waals surface area contributed by atoms with Gasteiger partial charge in [-0.1, -0.05) is 17.3 Å². The van der Waals surface area contributed by atoms with E-state index in [1.165, 1.54) is 12.1 Å². The van der Waals surface area contributed by atoms with Gasteiger partial charge in [0.25, 0.3) is 5.91 Å². The summed E-state index contributed by atoms with van der Waals surface area (Å²) in [5.74, 6) is -2.49. The quantitative estimate of drug-likeness (QED) is 0.230. The van der Waals surface area contributed by atoms with E-state index in [0.717, 1.165) is 17.7 Å². The maximum absolute atomic E-state index is 14.4. The Morgan fingerprint density at radius 3 is 2.50 bits per heavy atom. The first kappa shape index (κ1) is 27.4. The molecule has 1 aromatic heterocycles. The summed E-state index contributed by atoms with van der Waals surface area (Å²) < 4.78 is 29.2. The van der Waals surface area contributed by atoms with Crippen LogP contribution in [0.25, 0.3) is 10.5 Å². The highest BCUT2D eigenvalue weighted by Gasteiger charge is 2.42. The zero-order valence-electron chi connectivity index (χ0n) is 22.0. The SMILES string of the molecule is [C-]#[N+]C1(F)CCN(C(=O)[C@H](CCCN[C@@H]2C[C@H]2c2ccc(F)cc2)NC(=O)c2ccc(-n3ccnn3)cc2)CC1. The number of carbonyl (C=O) groups is 2. The van der Waals surface area contributed by atoms with Gasteiger partial charge in [0, 0.05) is 30.6 Å². The van der Waals surface area contributed by atoms with Crippen molar-refractivity contribution in [1.82, 2.24) is 30.5 Å². The van der Waals surface area contributed by atoms with Crippen LogP contribution in [0.1, 0.15) is 53.9 Å². The third-order valence-corrected chi connectivity index (χ3v) is 7.63. The Labute approximate surface area is 231 Å². The maximum atomic E-state index is 14.4. The summed E-state index contributed by atoms with van der Waals surface area (Å²) in [5.41, 5.74) is 2.24. The number of amides is 2. The topological polar surface area (TPSA) is 96.5 Å². The van der Waals surface area contributed by atoms with Gasteiger partial charge in [0.15, 0.2) is 0 Å². The summed E-state index contributed by atoms with van der Waals surface area (Å²) in [6.45, 7) is 8.01. The van der Waals surface area contributed by atoms with Crippen molar-refractivity contribution in [1.29, 1.82) is 0 Å². The second-order valence-electron chi connectivity index (χ2n) is 10.4. The minimum Gasteiger partial charge on any atom is -0.340 e. The largest absolute Gasteiger partial charge is 0.374 e. The summed E-state index contributed by atoms with van der Waals surface area (Å²) >= 11 is 0. The van der Waals surface area contributed by atoms with Gasteiger partial charge in [-0.3, -0.25) is 14.4 Å². The number of nitrogens with zero attached hydrogens (tertiary/aromatic N) is 5. The first-order valence-corrected chi connectivity index (χ1v) is 13.5. The molecule has 5 rings (SSSR count). The molecule has 0 bridgehead atoms. The lowest BCUT2D eigenvalue weighted by atomic mass is 10.0. The smallest absolute Gasteiger partial charge is 0.340 e. The van der Waals surface area contributed by atoms with Gasteiger partial charge in [0.1, 0.15) is 11.9 Å². The van der Waals surface area contributed by atoms with Gasteiger partial charge in [-0.25, -0.2) is 15.6 Å². The molecule has 11 heteroatoms. The highest BCUT2D eigenvalue weighted by atomic mass is 19.1. The predicted molar refractivity (Wildman–Crippen MR) is 144 cm³/mol. The van der Waals surface area contributed by atoms with E-state index in [0.29, 0.717) is 36.9 Å². The second kappa shape index (κ2) is 11.9. The minimum atomic E-state index is -1.93. The first-order chi connectivity index (χ1) is 19.3. The molecule has 1 saturated heterocycles. The summed E-state index contributed by atoms with van der Waals surface area (Å²) in [6.07, 6.45) is 5.18. The van der Waals surface area contributed by atoms with Gasteiger partial charge >= 0.3 is 5.79 Å². The van der Waals surface area contributed by atoms with Crippen LogP contribution in [0.5, 0.6) is 0 Å². The van der Waals surface area contributed by atoms with Crippen LogP contribution in [0.2, 0.25) is 0 Å². The fourth-order valence-corrected chi connectivity index (χ4v) is 5.10. The summed E-state index contributed by atoms with van der Waals surface area (Å²) in [6, 6.07) is 12.9. The summed E-state index contributed by atoms with van der Waals surface area (Å²) in [7, 11) is 0. The van der Waals surface area contributed by atoms with Gasteiger partial charge in [-0.2, -0.15) is 4.39 Å². The lowest BCUT2D eigenvalue weighted by molar-refractivity contribution is -0.135. The van der Waals surface area contributed by atoms with Crippen LogP contribution in [-0.2, 0) is 4.79 Å². The van der Waals surface area contributed by atoms with E-state index in [2.05, 4.69) is 25.8 Å². The molecule has 1 aliphatic carbocycles. The van der Waals surface area contributed by atoms with E-state index in [1.54, 1.807) is 46.2 Å². The number of halogens is 2. The third-order valence-electron chi connectivity index (χ3n) is 7.63. The lowest BCUT2D eigenvalue weighted by Gasteiger charge is -2.32. The fourth-order valence-electron chi connectivity index (χ4n) is 5.10. The van der Waals surface area contributed by atoms with Crippen molar-refractivity contribution in [2.75, 3.05) is 19.6 Å². The molecule has 2 fully saturated rings. The van der Waals surface area contributed by atoms with Crippen molar-refractivity contribution in [3.05, 3.63) is 89.3 Å². The Morgan fingerprint density at radius 2 is 1.85 bits per heavy atom. The predicted octanol–water partition coefficient (Wildman–Crippen LogP) is 3.64. The molecule has 0 unspecified atom stereocenters. The number of aromatic nitrogens is 3. The number of hydrogen-bond donors (Lipinski definition) is 2. The Balaban J connectivity index is 1.18. The Morgan fingerprint density at radius 1 is 1.12 bits per heavy atom. The van der Waals surface area contributed by atoms with Crippen LogP contribution in [0.4, 0.5) is 8.78 Å². The van der Waals surface area contributed by atoms with Crippen LogP contribution >= 0.6 is 0 Å². The molecule has 2 aliphatic rings. The van der Waals surface area contributed by atoms with Crippen LogP contribution in [0.15, 0.2) is 60.9 Å². The minimum absolute atomic E-state index is 0.0410. The summed E-state index contributed by atoms with van der Waals surface area (Å²) in [4.78, 5) is 31.2. The number of rotatable bonds is 10. The van der Waals surface area contributed by atoms with E-state index >= 15 is 0 Å². The molecule has 1 aliphatic heterocycles. The zero-order valence-corrected chi connectivity index (χ0v) is 22.0. The number of piperidine rings is 1. The molecule has 2 heterocycles. The molecule has 3 atom stereocenters. The van der Waals surface area contributed by atoms with E-state index in [1.807, 2.05) is 12.1 Å². The third kappa shape index (κ3) is 6.51. The van der Waals surface area contributed by atoms with E-state index in [9.17, 15) is 18.4 Å². The Hall–Kier alpha value is -4.17. The van der Waals surface area contributed by atoms with E-state index < -0.39 is 11.8 Å². The Kier molecular flexibility index (Phi) is 8.16. The molecule has 9 nitrogen and oxygen atoms in total. The monoisotopic (exact) mass is 547 g/mol. The van der Waals surface area contributed by atoms with Crippen LogP contribution in [-0.4, -0.2) is 69.2 Å². The first-order valence-electron chi connectivity index (χ1n) is 13.5. The van der Waals surface area contributed by atoms with Crippen molar-refractivity contribution in [3.63, 3.8) is 0 Å². The highest BCUT2D eigenvalue weighted by Crippen LogP contribution is 2.40. The number of benzene rings is 2. The average Bonchev–Trinajstić information content (AvgIpc) is 3.53. The van der Waals surface area contributed by atoms with Crippen molar-refractivity contribution in [2.45, 2.75) is 55.9 Å². The van der Waals surface area contributed by atoms with Crippen molar-refractivity contribution < 1.29 is 18.4 Å². The second-order valence-corrected chi connectivity index (χ2v) is 10.4. The van der Waals surface area contributed by atoms with E-state index in [4.69, 9.17) is 6.57 Å². The molecule has 2 amide bonds. The maximum Gasteiger partial charge on any atom is 0.374 e. The van der Waals surface area contributed by atoms with Gasteiger partial charge in [-0.05, 0) is 67.8 Å². The van der Waals surface area contributed by atoms with E-state index in [-0.39, 0.29) is 43.6 Å². The number of alkyl halides is 1. The molecule has 0 radical (unpaired) electrons. The molecule has 208 valence electrons. The number of carbonyl (C=O) groups excluding carboxylic acids is 2. The van der Waals surface area contributed by atoms with Crippen LogP contribution in [0, 0.1) is 12.4 Å². The molecular formula is C29H31F2N7O2. The normalized spacial score (nSPS) is 20.4. The average molecular weight is 548 g/mol. The highest BCUT2D eigenvalue weighted by molar-refractivity contribution is 5.97. The number of likely N-dealkylation sites (tertiary alicyclic amines) is 1. The molecule has 2 N–H and O–H groups in total. The molecular weight excluding hydrogens is 516 g/mol. The van der Waals surface area contributed by atoms with Crippen molar-refractivity contribution in [3.8, 4) is 5.69 Å². The number of hydrogen-bond acceptors (Lipinski definition) is 5. The van der Waals surface area contributed by atoms with Crippen LogP contribution < -0.4 is 10.6 Å². The standard InChI is InChI=1S/C29H31F2N7O2/c1-32-29(31)12-16-37(17-13-29)28(40)25(3-2-14-33-26-19-24(26)20-4-8-22(30)9-5-20)35-27(39)21-6-10-23(11-7-21)38-18-15-34-36-38/h4-11,15,18,24-26,33H,2-3,12-14,16-17,19H2,(H,35,39)/t24-,25-,26+/m0/s1. The molecule has 1 saturated carbocycles. The molecule has 3 aromatic rings. The van der Waals surface area contributed by atoms with Crippen molar-refractivity contribution >= 4 is 11.8 Å².